The fourth-order valence-corrected chi connectivity index (χ4v) is 8.07. The number of quaternary nitrogens is 1. The minimum Gasteiger partial charge on any atom is -0.391 e. The van der Waals surface area contributed by atoms with E-state index in [-0.39, 0.29) is 19.1 Å². The van der Waals surface area contributed by atoms with Crippen LogP contribution < -0.4 is 5.32 Å². The number of hydrogen-bond acceptors (Lipinski definition) is 5. The largest absolute Gasteiger partial charge is 0.472 e. The highest BCUT2D eigenvalue weighted by Gasteiger charge is 2.28. The molecule has 0 rings (SSSR count). The van der Waals surface area contributed by atoms with Gasteiger partial charge < -0.3 is 19.8 Å². The Morgan fingerprint density at radius 3 is 1.44 bits per heavy atom. The van der Waals surface area contributed by atoms with Gasteiger partial charge >= 0.3 is 7.82 Å². The third-order valence-corrected chi connectivity index (χ3v) is 12.3. The molecule has 3 N–H and O–H groups in total. The first-order chi connectivity index (χ1) is 29.5. The molecule has 0 saturated heterocycles. The molecule has 0 bridgehead atoms. The summed E-state index contributed by atoms with van der Waals surface area (Å²) in [5.41, 5.74) is 0. The maximum atomic E-state index is 12.9. The number of rotatable bonds is 46. The smallest absolute Gasteiger partial charge is 0.391 e. The van der Waals surface area contributed by atoms with Crippen LogP contribution in [0.25, 0.3) is 0 Å². The average molecular weight is 880 g/mol. The molecule has 0 saturated carbocycles. The van der Waals surface area contributed by atoms with Crippen molar-refractivity contribution in [2.45, 2.75) is 238 Å². The van der Waals surface area contributed by atoms with E-state index >= 15 is 0 Å². The number of phosphoric acid groups is 1. The molecule has 61 heavy (non-hydrogen) atoms. The monoisotopic (exact) mass is 880 g/mol. The summed E-state index contributed by atoms with van der Waals surface area (Å²) in [4.78, 5) is 23.2. The van der Waals surface area contributed by atoms with E-state index in [0.29, 0.717) is 23.9 Å². The number of carbonyl (C=O) groups excluding carboxylic acids is 1. The lowest BCUT2D eigenvalue weighted by Crippen LogP contribution is -2.46. The quantitative estimate of drug-likeness (QED) is 0.0243. The first-order valence-corrected chi connectivity index (χ1v) is 27.0. The van der Waals surface area contributed by atoms with Crippen LogP contribution >= 0.6 is 7.82 Å². The van der Waals surface area contributed by atoms with E-state index in [9.17, 15) is 19.4 Å². The van der Waals surface area contributed by atoms with Crippen molar-refractivity contribution in [1.29, 1.82) is 0 Å². The second-order valence-corrected chi connectivity index (χ2v) is 20.0. The number of carbonyl (C=O) groups is 1. The van der Waals surface area contributed by atoms with Crippen LogP contribution in [0.3, 0.4) is 0 Å². The van der Waals surface area contributed by atoms with Crippen LogP contribution in [0.5, 0.6) is 0 Å². The molecule has 8 nitrogen and oxygen atoms in total. The molecule has 0 aliphatic heterocycles. The number of aliphatic hydroxyl groups is 1. The van der Waals surface area contributed by atoms with Gasteiger partial charge in [-0.2, -0.15) is 0 Å². The summed E-state index contributed by atoms with van der Waals surface area (Å²) in [5.74, 6) is -0.146. The van der Waals surface area contributed by atoms with Crippen molar-refractivity contribution in [3.63, 3.8) is 0 Å². The summed E-state index contributed by atoms with van der Waals surface area (Å²) in [7, 11) is 1.62. The Labute approximate surface area is 378 Å². The van der Waals surface area contributed by atoms with Gasteiger partial charge in [0.15, 0.2) is 0 Å². The SMILES string of the molecule is CC/C=C\C/C=C\C/C=C\C/C=C\CCCCCCCCCCCCCCCCC(=O)NC(COP(=O)(O)OCC[N+](C)(C)C)C(O)CCCCCCCCCCCCCC. The molecule has 0 aliphatic rings. The predicted molar refractivity (Wildman–Crippen MR) is 263 cm³/mol. The number of allylic oxidation sites excluding steroid dienone is 8. The maximum absolute atomic E-state index is 12.9. The lowest BCUT2D eigenvalue weighted by atomic mass is 10.0. The molecule has 0 aromatic heterocycles. The van der Waals surface area contributed by atoms with Crippen molar-refractivity contribution in [3.8, 4) is 0 Å². The molecular formula is C52H100N2O6P+. The number of amides is 1. The standard InChI is InChI=1S/C52H99N2O6P/c1-6-8-10-12-14-16-18-20-21-22-23-24-25-26-27-28-29-30-31-32-33-34-36-38-40-42-44-46-52(56)53-50(49-60-61(57,58)59-48-47-54(3,4)5)51(55)45-43-41-39-37-35-19-17-15-13-11-9-7-2/h8,10,14,16,20-21,23-24,50-51,55H,6-7,9,11-13,15,17-19,22,25-49H2,1-5H3,(H-,53,56,57,58)/p+1/b10-8-,16-14-,21-20-,24-23-. The number of hydrogen-bond donors (Lipinski definition) is 3. The molecule has 0 aromatic carbocycles. The Hall–Kier alpha value is -1.54. The van der Waals surface area contributed by atoms with Gasteiger partial charge in [0.05, 0.1) is 39.9 Å². The average Bonchev–Trinajstić information content (AvgIpc) is 3.21. The number of nitrogens with one attached hydrogen (secondary N) is 1. The fraction of sp³-hybridized carbons (Fsp3) is 0.827. The van der Waals surface area contributed by atoms with Gasteiger partial charge in [0.2, 0.25) is 5.91 Å². The Balaban J connectivity index is 4.12. The van der Waals surface area contributed by atoms with Crippen molar-refractivity contribution in [3.05, 3.63) is 48.6 Å². The summed E-state index contributed by atoms with van der Waals surface area (Å²) in [6.07, 6.45) is 55.8. The van der Waals surface area contributed by atoms with Crippen LogP contribution in [0.2, 0.25) is 0 Å². The van der Waals surface area contributed by atoms with E-state index in [1.165, 1.54) is 135 Å². The third kappa shape index (κ3) is 46.3. The van der Waals surface area contributed by atoms with Gasteiger partial charge in [-0.25, -0.2) is 4.57 Å². The second kappa shape index (κ2) is 43.7. The van der Waals surface area contributed by atoms with Gasteiger partial charge in [-0.05, 0) is 51.4 Å². The highest BCUT2D eigenvalue weighted by atomic mass is 31.2. The molecule has 1 amide bonds. The molecule has 0 fully saturated rings. The van der Waals surface area contributed by atoms with Crippen LogP contribution in [-0.2, 0) is 18.4 Å². The second-order valence-electron chi connectivity index (χ2n) is 18.5. The molecule has 0 spiro atoms. The van der Waals surface area contributed by atoms with Gasteiger partial charge in [0.25, 0.3) is 0 Å². The summed E-state index contributed by atoms with van der Waals surface area (Å²) in [6.45, 7) is 4.77. The number of likely N-dealkylation sites (N-methyl/N-ethyl adjacent to an activating group) is 1. The fourth-order valence-electron chi connectivity index (χ4n) is 7.33. The van der Waals surface area contributed by atoms with Crippen molar-refractivity contribution >= 4 is 13.7 Å². The van der Waals surface area contributed by atoms with E-state index < -0.39 is 20.0 Å². The number of unbranched alkanes of at least 4 members (excludes halogenated alkanes) is 25. The Morgan fingerprint density at radius 2 is 0.984 bits per heavy atom. The van der Waals surface area contributed by atoms with Gasteiger partial charge in [-0.1, -0.05) is 217 Å². The number of aliphatic hydroxyl groups excluding tert-OH is 1. The van der Waals surface area contributed by atoms with Crippen molar-refractivity contribution in [1.82, 2.24) is 5.32 Å². The topological polar surface area (TPSA) is 105 Å². The number of phosphoric ester groups is 1. The molecule has 358 valence electrons. The molecular weight excluding hydrogens is 780 g/mol. The van der Waals surface area contributed by atoms with Gasteiger partial charge in [-0.15, -0.1) is 0 Å². The van der Waals surface area contributed by atoms with Crippen molar-refractivity contribution < 1.29 is 32.9 Å². The van der Waals surface area contributed by atoms with Gasteiger partial charge in [0.1, 0.15) is 13.2 Å². The van der Waals surface area contributed by atoms with Crippen molar-refractivity contribution in [2.24, 2.45) is 0 Å². The maximum Gasteiger partial charge on any atom is 0.472 e. The van der Waals surface area contributed by atoms with Crippen LogP contribution in [0.1, 0.15) is 226 Å². The molecule has 0 heterocycles. The zero-order valence-corrected chi connectivity index (χ0v) is 41.5. The zero-order valence-electron chi connectivity index (χ0n) is 40.7. The molecule has 3 unspecified atom stereocenters. The van der Waals surface area contributed by atoms with Gasteiger partial charge in [0, 0.05) is 6.42 Å². The van der Waals surface area contributed by atoms with Crippen LogP contribution in [0.15, 0.2) is 48.6 Å². The van der Waals surface area contributed by atoms with Crippen molar-refractivity contribution in [2.75, 3.05) is 40.9 Å². The highest BCUT2D eigenvalue weighted by molar-refractivity contribution is 7.47. The van der Waals surface area contributed by atoms with E-state index in [1.807, 2.05) is 21.1 Å². The lowest BCUT2D eigenvalue weighted by Gasteiger charge is -2.26. The molecule has 0 aromatic rings. The predicted octanol–water partition coefficient (Wildman–Crippen LogP) is 14.8. The Kier molecular flexibility index (Phi) is 42.6. The summed E-state index contributed by atoms with van der Waals surface area (Å²) in [5, 5.41) is 14.0. The summed E-state index contributed by atoms with van der Waals surface area (Å²) < 4.78 is 23.7. The van der Waals surface area contributed by atoms with E-state index in [2.05, 4.69) is 67.8 Å². The van der Waals surface area contributed by atoms with E-state index in [0.717, 1.165) is 64.2 Å². The third-order valence-electron chi connectivity index (χ3n) is 11.3. The Morgan fingerprint density at radius 1 is 0.574 bits per heavy atom. The highest BCUT2D eigenvalue weighted by Crippen LogP contribution is 2.43. The van der Waals surface area contributed by atoms with Crippen LogP contribution in [0.4, 0.5) is 0 Å². The zero-order chi connectivity index (χ0) is 45.0. The van der Waals surface area contributed by atoms with E-state index in [4.69, 9.17) is 9.05 Å². The van der Waals surface area contributed by atoms with E-state index in [1.54, 1.807) is 0 Å². The minimum absolute atomic E-state index is 0.0741. The van der Waals surface area contributed by atoms with Gasteiger partial charge in [-0.3, -0.25) is 13.8 Å². The number of nitrogens with zero attached hydrogens (tertiary/aromatic N) is 1. The molecule has 3 atom stereocenters. The molecule has 0 aliphatic carbocycles. The normalized spacial score (nSPS) is 14.5. The first kappa shape index (κ1) is 59.5. The first-order valence-electron chi connectivity index (χ1n) is 25.5. The molecule has 9 heteroatoms. The lowest BCUT2D eigenvalue weighted by molar-refractivity contribution is -0.870. The van der Waals surface area contributed by atoms with Crippen LogP contribution in [0, 0.1) is 0 Å². The Bertz CT molecular complexity index is 1130. The summed E-state index contributed by atoms with van der Waals surface area (Å²) in [6, 6.07) is -0.760. The van der Waals surface area contributed by atoms with Crippen LogP contribution in [-0.4, -0.2) is 73.4 Å². The minimum atomic E-state index is -4.31. The molecule has 0 radical (unpaired) electrons. The summed E-state index contributed by atoms with van der Waals surface area (Å²) >= 11 is 0.